The van der Waals surface area contributed by atoms with Crippen LogP contribution >= 0.6 is 0 Å². The van der Waals surface area contributed by atoms with Crippen molar-refractivity contribution in [3.05, 3.63) is 47.4 Å². The minimum absolute atomic E-state index is 0.293. The highest BCUT2D eigenvalue weighted by Gasteiger charge is 2.22. The van der Waals surface area contributed by atoms with E-state index in [2.05, 4.69) is 20.4 Å². The first-order valence-electron chi connectivity index (χ1n) is 8.28. The van der Waals surface area contributed by atoms with Crippen molar-refractivity contribution < 1.29 is 14.0 Å². The molecule has 1 aromatic heterocycles. The van der Waals surface area contributed by atoms with Crippen molar-refractivity contribution >= 4 is 0 Å². The fourth-order valence-corrected chi connectivity index (χ4v) is 3.05. The molecule has 1 fully saturated rings. The molecule has 2 heterocycles. The van der Waals surface area contributed by atoms with Crippen molar-refractivity contribution in [3.63, 3.8) is 0 Å². The Kier molecular flexibility index (Phi) is 5.55. The maximum Gasteiger partial charge on any atom is 0.223 e. The van der Waals surface area contributed by atoms with Crippen molar-refractivity contribution in [2.45, 2.75) is 38.5 Å². The molecule has 2 N–H and O–H groups in total. The first-order valence-corrected chi connectivity index (χ1v) is 8.28. The van der Waals surface area contributed by atoms with E-state index in [1.165, 1.54) is 12.1 Å². The van der Waals surface area contributed by atoms with Gasteiger partial charge >= 0.3 is 0 Å². The molecule has 0 amide bonds. The molecule has 2 atom stereocenters. The lowest BCUT2D eigenvalue weighted by molar-refractivity contribution is 0.142. The summed E-state index contributed by atoms with van der Waals surface area (Å²) < 4.78 is 17.9. The van der Waals surface area contributed by atoms with E-state index in [1.54, 1.807) is 19.1 Å². The van der Waals surface area contributed by atoms with Crippen molar-refractivity contribution in [2.24, 2.45) is 0 Å². The van der Waals surface area contributed by atoms with Gasteiger partial charge in [0.1, 0.15) is 5.82 Å². The van der Waals surface area contributed by atoms with Crippen molar-refractivity contribution in [1.82, 2.24) is 20.4 Å². The molecule has 130 valence electrons. The minimum Gasteiger partial charge on any atom is -0.387 e. The lowest BCUT2D eigenvalue weighted by Crippen LogP contribution is -2.46. The number of rotatable bonds is 6. The molecular weight excluding hydrogens is 311 g/mol. The van der Waals surface area contributed by atoms with Gasteiger partial charge in [-0.1, -0.05) is 17.3 Å². The van der Waals surface area contributed by atoms with E-state index in [-0.39, 0.29) is 5.82 Å². The number of aromatic nitrogens is 2. The molecule has 1 aliphatic rings. The van der Waals surface area contributed by atoms with Crippen LogP contribution < -0.4 is 5.32 Å². The van der Waals surface area contributed by atoms with Gasteiger partial charge in [-0.15, -0.1) is 0 Å². The van der Waals surface area contributed by atoms with Gasteiger partial charge in [-0.25, -0.2) is 4.39 Å². The number of nitrogens with one attached hydrogen (secondary N) is 1. The van der Waals surface area contributed by atoms with Gasteiger partial charge < -0.3 is 14.9 Å². The smallest absolute Gasteiger partial charge is 0.223 e. The Morgan fingerprint density at radius 1 is 1.42 bits per heavy atom. The molecule has 3 rings (SSSR count). The van der Waals surface area contributed by atoms with Crippen LogP contribution in [0.4, 0.5) is 4.39 Å². The fourth-order valence-electron chi connectivity index (χ4n) is 3.05. The molecule has 0 radical (unpaired) electrons. The van der Waals surface area contributed by atoms with Crippen LogP contribution in [0.5, 0.6) is 0 Å². The zero-order valence-corrected chi connectivity index (χ0v) is 13.8. The number of likely N-dealkylation sites (tertiary alicyclic amines) is 1. The summed E-state index contributed by atoms with van der Waals surface area (Å²) in [5.41, 5.74) is 0.721. The number of halogens is 1. The maximum atomic E-state index is 12.9. The normalized spacial score (nSPS) is 20.2. The molecule has 7 heteroatoms. The van der Waals surface area contributed by atoms with E-state index in [0.29, 0.717) is 30.8 Å². The third-order valence-corrected chi connectivity index (χ3v) is 4.29. The van der Waals surface area contributed by atoms with E-state index < -0.39 is 6.10 Å². The summed E-state index contributed by atoms with van der Waals surface area (Å²) in [5.74, 6) is 0.997. The lowest BCUT2D eigenvalue weighted by Gasteiger charge is -2.33. The predicted octanol–water partition coefficient (Wildman–Crippen LogP) is 1.80. The Morgan fingerprint density at radius 2 is 2.21 bits per heavy atom. The monoisotopic (exact) mass is 334 g/mol. The Labute approximate surface area is 140 Å². The van der Waals surface area contributed by atoms with Gasteiger partial charge in [-0.3, -0.25) is 4.90 Å². The SMILES string of the molecule is Cc1nc(CN2CCC[C@@H](NC[C@H](O)c3ccc(F)cc3)C2)no1. The second-order valence-corrected chi connectivity index (χ2v) is 6.28. The third-order valence-electron chi connectivity index (χ3n) is 4.29. The van der Waals surface area contributed by atoms with Gasteiger partial charge in [0.25, 0.3) is 0 Å². The van der Waals surface area contributed by atoms with Gasteiger partial charge in [0.05, 0.1) is 12.6 Å². The van der Waals surface area contributed by atoms with Crippen LogP contribution in [0.15, 0.2) is 28.8 Å². The Morgan fingerprint density at radius 3 is 2.92 bits per heavy atom. The summed E-state index contributed by atoms with van der Waals surface area (Å²) in [7, 11) is 0. The summed E-state index contributed by atoms with van der Waals surface area (Å²) in [6.45, 7) is 4.80. The average Bonchev–Trinajstić information content (AvgIpc) is 2.98. The van der Waals surface area contributed by atoms with Gasteiger partial charge in [-0.05, 0) is 37.1 Å². The van der Waals surface area contributed by atoms with Gasteiger partial charge in [0.2, 0.25) is 5.89 Å². The Balaban J connectivity index is 1.47. The highest BCUT2D eigenvalue weighted by atomic mass is 19.1. The van der Waals surface area contributed by atoms with Crippen LogP contribution in [0, 0.1) is 12.7 Å². The summed E-state index contributed by atoms with van der Waals surface area (Å²) >= 11 is 0. The first-order chi connectivity index (χ1) is 11.6. The average molecular weight is 334 g/mol. The Bertz CT molecular complexity index is 646. The highest BCUT2D eigenvalue weighted by Crippen LogP contribution is 2.16. The molecule has 6 nitrogen and oxygen atoms in total. The summed E-state index contributed by atoms with van der Waals surface area (Å²) in [5, 5.41) is 17.6. The summed E-state index contributed by atoms with van der Waals surface area (Å²) in [4.78, 5) is 6.53. The highest BCUT2D eigenvalue weighted by molar-refractivity contribution is 5.18. The van der Waals surface area contributed by atoms with E-state index in [9.17, 15) is 9.50 Å². The number of benzene rings is 1. The summed E-state index contributed by atoms with van der Waals surface area (Å²) in [6, 6.07) is 6.28. The quantitative estimate of drug-likeness (QED) is 0.839. The molecule has 0 saturated carbocycles. The van der Waals surface area contributed by atoms with Gasteiger partial charge in [0, 0.05) is 26.1 Å². The second kappa shape index (κ2) is 7.83. The van der Waals surface area contributed by atoms with Crippen LogP contribution in [0.3, 0.4) is 0 Å². The Hall–Kier alpha value is -1.83. The molecule has 24 heavy (non-hydrogen) atoms. The molecule has 2 aromatic rings. The minimum atomic E-state index is -0.638. The van der Waals surface area contributed by atoms with Gasteiger partial charge in [0.15, 0.2) is 5.82 Å². The second-order valence-electron chi connectivity index (χ2n) is 6.28. The lowest BCUT2D eigenvalue weighted by atomic mass is 10.0. The third kappa shape index (κ3) is 4.59. The molecule has 0 unspecified atom stereocenters. The van der Waals surface area contributed by atoms with Crippen LogP contribution in [0.1, 0.15) is 36.2 Å². The van der Waals surface area contributed by atoms with Crippen molar-refractivity contribution in [3.8, 4) is 0 Å². The van der Waals surface area contributed by atoms with Crippen LogP contribution in [-0.2, 0) is 6.54 Å². The summed E-state index contributed by atoms with van der Waals surface area (Å²) in [6.07, 6.45) is 1.51. The van der Waals surface area contributed by atoms with Crippen LogP contribution in [-0.4, -0.2) is 45.8 Å². The largest absolute Gasteiger partial charge is 0.387 e. The molecule has 1 aliphatic heterocycles. The van der Waals surface area contributed by atoms with Crippen molar-refractivity contribution in [1.29, 1.82) is 0 Å². The van der Waals surface area contributed by atoms with Crippen molar-refractivity contribution in [2.75, 3.05) is 19.6 Å². The number of hydrogen-bond donors (Lipinski definition) is 2. The number of piperidine rings is 1. The topological polar surface area (TPSA) is 74.4 Å². The van der Waals surface area contributed by atoms with E-state index >= 15 is 0 Å². The van der Waals surface area contributed by atoms with E-state index in [1.807, 2.05) is 0 Å². The molecule has 1 saturated heterocycles. The van der Waals surface area contributed by atoms with E-state index in [0.717, 1.165) is 31.5 Å². The van der Waals surface area contributed by atoms with Crippen LogP contribution in [0.2, 0.25) is 0 Å². The van der Waals surface area contributed by atoms with Crippen LogP contribution in [0.25, 0.3) is 0 Å². The number of aryl methyl sites for hydroxylation is 1. The molecule has 0 aliphatic carbocycles. The number of hydrogen-bond acceptors (Lipinski definition) is 6. The molecule has 0 bridgehead atoms. The zero-order chi connectivity index (χ0) is 16.9. The zero-order valence-electron chi connectivity index (χ0n) is 13.8. The number of aliphatic hydroxyl groups is 1. The van der Waals surface area contributed by atoms with E-state index in [4.69, 9.17) is 4.52 Å². The fraction of sp³-hybridized carbons (Fsp3) is 0.529. The maximum absolute atomic E-state index is 12.9. The standard InChI is InChI=1S/C17H23FN4O2/c1-12-20-17(21-24-12)11-22-8-2-3-15(10-22)19-9-16(23)13-4-6-14(18)7-5-13/h4-7,15-16,19,23H,2-3,8-11H2,1H3/t15-,16+/m1/s1. The predicted molar refractivity (Wildman–Crippen MR) is 86.7 cm³/mol. The van der Waals surface area contributed by atoms with Gasteiger partial charge in [-0.2, -0.15) is 4.98 Å². The molecular formula is C17H23FN4O2. The first kappa shape index (κ1) is 17.0. The number of nitrogens with zero attached hydrogens (tertiary/aromatic N) is 3. The molecule has 1 aromatic carbocycles. The molecule has 0 spiro atoms. The number of aliphatic hydroxyl groups excluding tert-OH is 1.